The summed E-state index contributed by atoms with van der Waals surface area (Å²) in [7, 11) is 0. The molecule has 14 heavy (non-hydrogen) atoms. The first-order valence-corrected chi connectivity index (χ1v) is 5.43. The zero-order valence-electron chi connectivity index (χ0n) is 9.21. The van der Waals surface area contributed by atoms with Gasteiger partial charge >= 0.3 is 0 Å². The summed E-state index contributed by atoms with van der Waals surface area (Å²) in [6.45, 7) is 6.59. The van der Waals surface area contributed by atoms with Crippen LogP contribution in [0.3, 0.4) is 0 Å². The van der Waals surface area contributed by atoms with Crippen LogP contribution in [0.25, 0.3) is 0 Å². The SMILES string of the molecule is Cc1ccc2c(c1)CCC(C(C)C)O2. The second-order valence-electron chi connectivity index (χ2n) is 4.55. The van der Waals surface area contributed by atoms with Gasteiger partial charge in [-0.3, -0.25) is 0 Å². The Morgan fingerprint density at radius 3 is 2.86 bits per heavy atom. The molecule has 2 rings (SSSR count). The Morgan fingerprint density at radius 2 is 2.14 bits per heavy atom. The molecule has 0 aromatic heterocycles. The molecule has 0 saturated carbocycles. The van der Waals surface area contributed by atoms with Gasteiger partial charge in [-0.1, -0.05) is 31.5 Å². The molecule has 0 fully saturated rings. The predicted octanol–water partition coefficient (Wildman–Crippen LogP) is 3.34. The van der Waals surface area contributed by atoms with Crippen LogP contribution < -0.4 is 4.74 Å². The Balaban J connectivity index is 2.23. The molecule has 1 nitrogen and oxygen atoms in total. The van der Waals surface area contributed by atoms with Gasteiger partial charge in [-0.15, -0.1) is 0 Å². The number of rotatable bonds is 1. The number of fused-ring (bicyclic) bond motifs is 1. The fraction of sp³-hybridized carbons (Fsp3) is 0.538. The summed E-state index contributed by atoms with van der Waals surface area (Å²) >= 11 is 0. The minimum absolute atomic E-state index is 0.408. The lowest BCUT2D eigenvalue weighted by molar-refractivity contribution is 0.127. The fourth-order valence-corrected chi connectivity index (χ4v) is 2.01. The van der Waals surface area contributed by atoms with Crippen LogP contribution in [0.5, 0.6) is 5.75 Å². The van der Waals surface area contributed by atoms with Gasteiger partial charge in [0.25, 0.3) is 0 Å². The maximum Gasteiger partial charge on any atom is 0.122 e. The number of hydrogen-bond donors (Lipinski definition) is 0. The highest BCUT2D eigenvalue weighted by Crippen LogP contribution is 2.30. The monoisotopic (exact) mass is 190 g/mol. The van der Waals surface area contributed by atoms with Crippen molar-refractivity contribution in [2.75, 3.05) is 0 Å². The van der Waals surface area contributed by atoms with Crippen molar-refractivity contribution in [2.24, 2.45) is 5.92 Å². The second-order valence-corrected chi connectivity index (χ2v) is 4.55. The van der Waals surface area contributed by atoms with Crippen LogP contribution in [0, 0.1) is 12.8 Å². The smallest absolute Gasteiger partial charge is 0.122 e. The second kappa shape index (κ2) is 3.64. The van der Waals surface area contributed by atoms with E-state index in [0.29, 0.717) is 12.0 Å². The topological polar surface area (TPSA) is 9.23 Å². The molecule has 0 spiro atoms. The minimum Gasteiger partial charge on any atom is -0.490 e. The van der Waals surface area contributed by atoms with Crippen molar-refractivity contribution in [3.63, 3.8) is 0 Å². The number of hydrogen-bond acceptors (Lipinski definition) is 1. The molecule has 0 N–H and O–H groups in total. The Labute approximate surface area is 86.1 Å². The maximum absolute atomic E-state index is 5.95. The van der Waals surface area contributed by atoms with E-state index in [1.807, 2.05) is 0 Å². The molecule has 76 valence electrons. The Morgan fingerprint density at radius 1 is 1.36 bits per heavy atom. The third-order valence-corrected chi connectivity index (χ3v) is 2.94. The first-order chi connectivity index (χ1) is 6.66. The molecule has 1 aromatic rings. The van der Waals surface area contributed by atoms with Gasteiger partial charge in [0.1, 0.15) is 11.9 Å². The van der Waals surface area contributed by atoms with E-state index in [1.54, 1.807) is 0 Å². The van der Waals surface area contributed by atoms with Crippen molar-refractivity contribution < 1.29 is 4.74 Å². The van der Waals surface area contributed by atoms with Crippen molar-refractivity contribution in [1.82, 2.24) is 0 Å². The standard InChI is InChI=1S/C13H18O/c1-9(2)12-7-5-11-8-10(3)4-6-13(11)14-12/h4,6,8-9,12H,5,7H2,1-3H3. The van der Waals surface area contributed by atoms with E-state index in [0.717, 1.165) is 12.2 Å². The summed E-state index contributed by atoms with van der Waals surface area (Å²) in [4.78, 5) is 0. The van der Waals surface area contributed by atoms with Crippen LogP contribution >= 0.6 is 0 Å². The van der Waals surface area contributed by atoms with E-state index >= 15 is 0 Å². The number of aryl methyl sites for hydroxylation is 2. The van der Waals surface area contributed by atoms with E-state index in [9.17, 15) is 0 Å². The first-order valence-electron chi connectivity index (χ1n) is 5.43. The normalized spacial score (nSPS) is 20.4. The summed E-state index contributed by atoms with van der Waals surface area (Å²) < 4.78 is 5.95. The van der Waals surface area contributed by atoms with Gasteiger partial charge in [0.15, 0.2) is 0 Å². The highest BCUT2D eigenvalue weighted by molar-refractivity contribution is 5.38. The molecular weight excluding hydrogens is 172 g/mol. The highest BCUT2D eigenvalue weighted by atomic mass is 16.5. The van der Waals surface area contributed by atoms with Gasteiger partial charge in [0, 0.05) is 0 Å². The molecule has 0 amide bonds. The van der Waals surface area contributed by atoms with E-state index in [2.05, 4.69) is 39.0 Å². The molecule has 1 aliphatic heterocycles. The summed E-state index contributed by atoms with van der Waals surface area (Å²) in [5.41, 5.74) is 2.71. The van der Waals surface area contributed by atoms with Gasteiger partial charge in [0.2, 0.25) is 0 Å². The summed E-state index contributed by atoms with van der Waals surface area (Å²) in [5, 5.41) is 0. The van der Waals surface area contributed by atoms with Gasteiger partial charge in [-0.25, -0.2) is 0 Å². The molecule has 1 heteroatoms. The average molecular weight is 190 g/mol. The van der Waals surface area contributed by atoms with E-state index in [4.69, 9.17) is 4.74 Å². The van der Waals surface area contributed by atoms with E-state index in [1.165, 1.54) is 17.5 Å². The third kappa shape index (κ3) is 1.77. The van der Waals surface area contributed by atoms with Crippen LogP contribution in [0.1, 0.15) is 31.4 Å². The Kier molecular flexibility index (Phi) is 2.49. The Hall–Kier alpha value is -0.980. The molecule has 0 radical (unpaired) electrons. The molecule has 1 heterocycles. The molecule has 0 aliphatic carbocycles. The number of benzene rings is 1. The largest absolute Gasteiger partial charge is 0.490 e. The van der Waals surface area contributed by atoms with E-state index < -0.39 is 0 Å². The number of ether oxygens (including phenoxy) is 1. The fourth-order valence-electron chi connectivity index (χ4n) is 2.01. The van der Waals surface area contributed by atoms with Crippen molar-refractivity contribution in [3.05, 3.63) is 29.3 Å². The molecule has 0 bridgehead atoms. The van der Waals surface area contributed by atoms with E-state index in [-0.39, 0.29) is 0 Å². The van der Waals surface area contributed by atoms with Gasteiger partial charge in [-0.05, 0) is 37.3 Å². The summed E-state index contributed by atoms with van der Waals surface area (Å²) in [5.74, 6) is 1.71. The van der Waals surface area contributed by atoms with Crippen molar-refractivity contribution in [1.29, 1.82) is 0 Å². The molecule has 1 atom stereocenters. The molecule has 1 aromatic carbocycles. The maximum atomic E-state index is 5.95. The predicted molar refractivity (Wildman–Crippen MR) is 58.8 cm³/mol. The van der Waals surface area contributed by atoms with Crippen LogP contribution in [-0.2, 0) is 6.42 Å². The van der Waals surface area contributed by atoms with Gasteiger partial charge in [-0.2, -0.15) is 0 Å². The lowest BCUT2D eigenvalue weighted by atomic mass is 9.95. The zero-order chi connectivity index (χ0) is 10.1. The third-order valence-electron chi connectivity index (χ3n) is 2.94. The molecule has 0 saturated heterocycles. The summed E-state index contributed by atoms with van der Waals surface area (Å²) in [6, 6.07) is 6.48. The zero-order valence-corrected chi connectivity index (χ0v) is 9.21. The average Bonchev–Trinajstić information content (AvgIpc) is 2.16. The van der Waals surface area contributed by atoms with Crippen LogP contribution in [0.15, 0.2) is 18.2 Å². The first kappa shape index (κ1) is 9.57. The van der Waals surface area contributed by atoms with Crippen LogP contribution in [0.4, 0.5) is 0 Å². The summed E-state index contributed by atoms with van der Waals surface area (Å²) in [6.07, 6.45) is 2.73. The Bertz CT molecular complexity index is 328. The van der Waals surface area contributed by atoms with Crippen LogP contribution in [-0.4, -0.2) is 6.10 Å². The van der Waals surface area contributed by atoms with Crippen molar-refractivity contribution in [3.8, 4) is 5.75 Å². The molecule has 1 aliphatic rings. The quantitative estimate of drug-likeness (QED) is 0.660. The molecular formula is C13H18O. The lowest BCUT2D eigenvalue weighted by Crippen LogP contribution is -2.27. The molecule has 1 unspecified atom stereocenters. The van der Waals surface area contributed by atoms with Crippen molar-refractivity contribution >= 4 is 0 Å². The van der Waals surface area contributed by atoms with Crippen molar-refractivity contribution in [2.45, 2.75) is 39.7 Å². The highest BCUT2D eigenvalue weighted by Gasteiger charge is 2.21. The van der Waals surface area contributed by atoms with Gasteiger partial charge < -0.3 is 4.74 Å². The minimum atomic E-state index is 0.408. The van der Waals surface area contributed by atoms with Crippen LogP contribution in [0.2, 0.25) is 0 Å². The van der Waals surface area contributed by atoms with Gasteiger partial charge in [0.05, 0.1) is 0 Å². The lowest BCUT2D eigenvalue weighted by Gasteiger charge is -2.28.